The van der Waals surface area contributed by atoms with E-state index >= 15 is 0 Å². The molecule has 0 aliphatic heterocycles. The largest absolute Gasteiger partial charge is 0.368 e. The molecule has 1 rings (SSSR count). The smallest absolute Gasteiger partial charge is 0.234 e. The van der Waals surface area contributed by atoms with Crippen molar-refractivity contribution in [2.24, 2.45) is 11.7 Å². The summed E-state index contributed by atoms with van der Waals surface area (Å²) in [7, 11) is 0. The van der Waals surface area contributed by atoms with E-state index in [1.165, 1.54) is 25.7 Å². The lowest BCUT2D eigenvalue weighted by molar-refractivity contribution is -0.119. The number of hydrogen-bond acceptors (Lipinski definition) is 2. The maximum atomic E-state index is 10.8. The van der Waals surface area contributed by atoms with Crippen LogP contribution in [0.1, 0.15) is 39.5 Å². The fourth-order valence-electron chi connectivity index (χ4n) is 2.02. The van der Waals surface area contributed by atoms with Crippen molar-refractivity contribution in [3.63, 3.8) is 0 Å². The van der Waals surface area contributed by atoms with Crippen LogP contribution in [0.5, 0.6) is 0 Å². The molecule has 0 aromatic heterocycles. The topological polar surface area (TPSA) is 55.1 Å². The Morgan fingerprint density at radius 3 is 2.77 bits per heavy atom. The number of nitrogens with two attached hydrogens (primary N) is 1. The summed E-state index contributed by atoms with van der Waals surface area (Å²) in [5.74, 6) is 0.532. The van der Waals surface area contributed by atoms with Crippen LogP contribution in [-0.4, -0.2) is 18.0 Å². The van der Waals surface area contributed by atoms with Gasteiger partial charge in [-0.1, -0.05) is 19.8 Å². The van der Waals surface area contributed by atoms with Crippen molar-refractivity contribution in [2.75, 3.05) is 0 Å². The van der Waals surface area contributed by atoms with Crippen molar-refractivity contribution in [3.8, 4) is 0 Å². The Morgan fingerprint density at radius 2 is 2.23 bits per heavy atom. The standard InChI is InChI=1S/C10H20N2O/c1-7-4-3-5-9(6-7)12-8(2)10(11)13/h7-9,12H,3-6H2,1-2H3,(H2,11,13)/t7?,8-,9?/m0/s1. The third kappa shape index (κ3) is 3.35. The van der Waals surface area contributed by atoms with E-state index in [0.29, 0.717) is 6.04 Å². The van der Waals surface area contributed by atoms with Gasteiger partial charge >= 0.3 is 0 Å². The number of primary amides is 1. The average Bonchev–Trinajstić information content (AvgIpc) is 2.04. The van der Waals surface area contributed by atoms with Crippen LogP contribution in [0.25, 0.3) is 0 Å². The van der Waals surface area contributed by atoms with Gasteiger partial charge in [-0.3, -0.25) is 4.79 Å². The number of amides is 1. The van der Waals surface area contributed by atoms with Gasteiger partial charge in [-0.2, -0.15) is 0 Å². The van der Waals surface area contributed by atoms with E-state index in [1.807, 2.05) is 6.92 Å². The molecule has 3 N–H and O–H groups in total. The molecule has 1 saturated carbocycles. The highest BCUT2D eigenvalue weighted by Crippen LogP contribution is 2.23. The van der Waals surface area contributed by atoms with Gasteiger partial charge in [0.15, 0.2) is 0 Å². The normalized spacial score (nSPS) is 31.2. The minimum Gasteiger partial charge on any atom is -0.368 e. The molecular formula is C10H20N2O. The van der Waals surface area contributed by atoms with E-state index in [-0.39, 0.29) is 11.9 Å². The van der Waals surface area contributed by atoms with Gasteiger partial charge < -0.3 is 11.1 Å². The minimum absolute atomic E-state index is 0.185. The highest BCUT2D eigenvalue weighted by molar-refractivity contribution is 5.79. The van der Waals surface area contributed by atoms with Crippen molar-refractivity contribution in [2.45, 2.75) is 51.6 Å². The molecule has 2 unspecified atom stereocenters. The first-order chi connectivity index (χ1) is 6.09. The average molecular weight is 184 g/mol. The molecule has 0 aromatic rings. The van der Waals surface area contributed by atoms with Crippen LogP contribution in [0.15, 0.2) is 0 Å². The second-order valence-corrected chi connectivity index (χ2v) is 4.26. The summed E-state index contributed by atoms with van der Waals surface area (Å²) in [6, 6.07) is 0.307. The summed E-state index contributed by atoms with van der Waals surface area (Å²) >= 11 is 0. The zero-order chi connectivity index (χ0) is 9.84. The van der Waals surface area contributed by atoms with Crippen LogP contribution in [0.3, 0.4) is 0 Å². The van der Waals surface area contributed by atoms with Gasteiger partial charge in [-0.25, -0.2) is 0 Å². The van der Waals surface area contributed by atoms with Crippen LogP contribution < -0.4 is 11.1 Å². The highest BCUT2D eigenvalue weighted by atomic mass is 16.1. The third-order valence-electron chi connectivity index (χ3n) is 2.85. The van der Waals surface area contributed by atoms with Gasteiger partial charge in [0.1, 0.15) is 0 Å². The van der Waals surface area contributed by atoms with E-state index in [4.69, 9.17) is 5.73 Å². The van der Waals surface area contributed by atoms with E-state index in [9.17, 15) is 4.79 Å². The zero-order valence-electron chi connectivity index (χ0n) is 8.55. The Hall–Kier alpha value is -0.570. The number of carbonyl (C=O) groups is 1. The maximum Gasteiger partial charge on any atom is 0.234 e. The molecule has 1 fully saturated rings. The molecule has 76 valence electrons. The summed E-state index contributed by atoms with van der Waals surface area (Å²) in [6.45, 7) is 4.10. The molecule has 3 heteroatoms. The molecule has 3 atom stereocenters. The molecule has 0 aromatic carbocycles. The Kier molecular flexibility index (Phi) is 3.72. The highest BCUT2D eigenvalue weighted by Gasteiger charge is 2.21. The van der Waals surface area contributed by atoms with Gasteiger partial charge in [0, 0.05) is 6.04 Å². The zero-order valence-corrected chi connectivity index (χ0v) is 8.55. The summed E-state index contributed by atoms with van der Waals surface area (Å²) in [6.07, 6.45) is 4.95. The summed E-state index contributed by atoms with van der Waals surface area (Å²) < 4.78 is 0. The van der Waals surface area contributed by atoms with Gasteiger partial charge in [-0.15, -0.1) is 0 Å². The second kappa shape index (κ2) is 4.61. The first-order valence-corrected chi connectivity index (χ1v) is 5.15. The summed E-state index contributed by atoms with van der Waals surface area (Å²) in [5.41, 5.74) is 5.19. The van der Waals surface area contributed by atoms with Crippen LogP contribution >= 0.6 is 0 Å². The number of rotatable bonds is 3. The minimum atomic E-state index is -0.252. The molecule has 1 aliphatic rings. The second-order valence-electron chi connectivity index (χ2n) is 4.26. The lowest BCUT2D eigenvalue weighted by Gasteiger charge is -2.29. The van der Waals surface area contributed by atoms with Crippen molar-refractivity contribution < 1.29 is 4.79 Å². The van der Waals surface area contributed by atoms with Crippen LogP contribution in [0, 0.1) is 5.92 Å². The molecule has 0 radical (unpaired) electrons. The maximum absolute atomic E-state index is 10.8. The Balaban J connectivity index is 2.31. The predicted octanol–water partition coefficient (Wildman–Crippen LogP) is 1.03. The SMILES string of the molecule is CC1CCCC(N[C@@H](C)C(N)=O)C1. The van der Waals surface area contributed by atoms with Crippen LogP contribution in [0.2, 0.25) is 0 Å². The Morgan fingerprint density at radius 1 is 1.54 bits per heavy atom. The molecule has 0 heterocycles. The molecule has 0 spiro atoms. The quantitative estimate of drug-likeness (QED) is 0.688. The molecule has 3 nitrogen and oxygen atoms in total. The van der Waals surface area contributed by atoms with Crippen molar-refractivity contribution in [3.05, 3.63) is 0 Å². The summed E-state index contributed by atoms with van der Waals surface area (Å²) in [5, 5.41) is 3.27. The fourth-order valence-corrected chi connectivity index (χ4v) is 2.02. The fraction of sp³-hybridized carbons (Fsp3) is 0.900. The first-order valence-electron chi connectivity index (χ1n) is 5.15. The Labute approximate surface area is 80.1 Å². The summed E-state index contributed by atoms with van der Waals surface area (Å²) in [4.78, 5) is 10.8. The third-order valence-corrected chi connectivity index (χ3v) is 2.85. The van der Waals surface area contributed by atoms with E-state index in [2.05, 4.69) is 12.2 Å². The lowest BCUT2D eigenvalue weighted by atomic mass is 9.87. The molecule has 0 saturated heterocycles. The Bertz CT molecular complexity index is 182. The lowest BCUT2D eigenvalue weighted by Crippen LogP contribution is -2.45. The first kappa shape index (κ1) is 10.5. The predicted molar refractivity (Wildman–Crippen MR) is 53.2 cm³/mol. The number of hydrogen-bond donors (Lipinski definition) is 2. The monoisotopic (exact) mass is 184 g/mol. The van der Waals surface area contributed by atoms with Crippen LogP contribution in [0.4, 0.5) is 0 Å². The van der Waals surface area contributed by atoms with Gasteiger partial charge in [0.2, 0.25) is 5.91 Å². The van der Waals surface area contributed by atoms with Gasteiger partial charge in [0.25, 0.3) is 0 Å². The van der Waals surface area contributed by atoms with E-state index in [0.717, 1.165) is 5.92 Å². The molecule has 1 aliphatic carbocycles. The van der Waals surface area contributed by atoms with E-state index in [1.54, 1.807) is 0 Å². The molecule has 0 bridgehead atoms. The molecular weight excluding hydrogens is 164 g/mol. The molecule has 13 heavy (non-hydrogen) atoms. The van der Waals surface area contributed by atoms with E-state index < -0.39 is 0 Å². The van der Waals surface area contributed by atoms with Gasteiger partial charge in [0.05, 0.1) is 6.04 Å². The molecule has 1 amide bonds. The van der Waals surface area contributed by atoms with Crippen LogP contribution in [-0.2, 0) is 4.79 Å². The van der Waals surface area contributed by atoms with Crippen molar-refractivity contribution >= 4 is 5.91 Å². The van der Waals surface area contributed by atoms with Crippen molar-refractivity contribution in [1.82, 2.24) is 5.32 Å². The number of carbonyl (C=O) groups excluding carboxylic acids is 1. The van der Waals surface area contributed by atoms with Gasteiger partial charge in [-0.05, 0) is 25.7 Å². The number of nitrogens with one attached hydrogen (secondary N) is 1. The van der Waals surface area contributed by atoms with Crippen molar-refractivity contribution in [1.29, 1.82) is 0 Å².